The Labute approximate surface area is 174 Å². The van der Waals surface area contributed by atoms with Crippen LogP contribution >= 0.6 is 19.8 Å². The first kappa shape index (κ1) is 22.8. The average molecular weight is 502 g/mol. The average Bonchev–Trinajstić information content (AvgIpc) is 2.91. The van der Waals surface area contributed by atoms with Gasteiger partial charge in [-0.05, 0) is 12.1 Å². The number of hydrogen-bond donors (Lipinski definition) is 1. The number of nitrogens with one attached hydrogen (secondary N) is 1. The van der Waals surface area contributed by atoms with E-state index in [2.05, 4.69) is 15.2 Å². The minimum absolute atomic E-state index is 0.0262. The summed E-state index contributed by atoms with van der Waals surface area (Å²) in [6.07, 6.45) is 2.14. The fourth-order valence-corrected chi connectivity index (χ4v) is 4.12. The van der Waals surface area contributed by atoms with Crippen molar-refractivity contribution < 1.29 is 19.1 Å². The quantitative estimate of drug-likeness (QED) is 0.219. The molecule has 0 saturated carbocycles. The zero-order chi connectivity index (χ0) is 20.5. The number of benzene rings is 1. The topological polar surface area (TPSA) is 75.7 Å². The van der Waals surface area contributed by atoms with Crippen LogP contribution in [0.25, 0.3) is 0 Å². The van der Waals surface area contributed by atoms with Gasteiger partial charge in [0.2, 0.25) is 11.8 Å². The van der Waals surface area contributed by atoms with E-state index in [0.717, 1.165) is 18.6 Å². The van der Waals surface area contributed by atoms with Crippen LogP contribution in [-0.2, 0) is 25.5 Å². The van der Waals surface area contributed by atoms with Gasteiger partial charge in [0.05, 0.1) is 5.69 Å². The summed E-state index contributed by atoms with van der Waals surface area (Å²) in [6.45, 7) is 3.94. The van der Waals surface area contributed by atoms with Gasteiger partial charge in [0.1, 0.15) is 0 Å². The van der Waals surface area contributed by atoms with E-state index in [1.54, 1.807) is 19.1 Å². The van der Waals surface area contributed by atoms with Gasteiger partial charge in [0.25, 0.3) is 0 Å². The zero-order valence-corrected chi connectivity index (χ0v) is 19.2. The van der Waals surface area contributed by atoms with Crippen molar-refractivity contribution in [2.24, 2.45) is 5.92 Å². The Balaban J connectivity index is 1.65. The van der Waals surface area contributed by atoms with Gasteiger partial charge in [0, 0.05) is 12.3 Å². The number of ether oxygens (including phenoxy) is 1. The zero-order valence-electron chi connectivity index (χ0n) is 17.0. The van der Waals surface area contributed by atoms with E-state index in [1.165, 1.54) is 9.33 Å². The molecule has 1 aromatic rings. The second-order valence-electron chi connectivity index (χ2n) is 7.26. The predicted octanol–water partition coefficient (Wildman–Crippen LogP) is 2.81. The van der Waals surface area contributed by atoms with E-state index in [1.807, 2.05) is 12.1 Å². The summed E-state index contributed by atoms with van der Waals surface area (Å²) >= 11 is -0.686. The molecule has 1 unspecified atom stereocenters. The van der Waals surface area contributed by atoms with Crippen LogP contribution in [-0.4, -0.2) is 51.8 Å². The molecular formula is C21H31IN2O4. The molecule has 1 heterocycles. The summed E-state index contributed by atoms with van der Waals surface area (Å²) in [6, 6.07) is 7.30. The molecule has 1 aliphatic heterocycles. The molecule has 28 heavy (non-hydrogen) atoms. The molecular weight excluding hydrogens is 471 g/mol. The number of nitrogens with zero attached hydrogens (tertiary/aromatic N) is 1. The van der Waals surface area contributed by atoms with Crippen LogP contribution in [0.2, 0.25) is 0 Å². The van der Waals surface area contributed by atoms with Gasteiger partial charge in [-0.3, -0.25) is 14.5 Å². The molecule has 7 heteroatoms. The van der Waals surface area contributed by atoms with Crippen molar-refractivity contribution in [2.45, 2.75) is 32.6 Å². The molecule has 0 spiro atoms. The van der Waals surface area contributed by atoms with Crippen molar-refractivity contribution >= 4 is 43.2 Å². The fraction of sp³-hybridized carbons (Fsp3) is 0.571. The summed E-state index contributed by atoms with van der Waals surface area (Å²) in [5.41, 5.74) is 1.61. The van der Waals surface area contributed by atoms with E-state index in [9.17, 15) is 14.4 Å². The molecule has 2 rings (SSSR count). The molecule has 1 fully saturated rings. The Hall–Kier alpha value is -1.48. The monoisotopic (exact) mass is 502 g/mol. The van der Waals surface area contributed by atoms with Gasteiger partial charge in [-0.25, -0.2) is 0 Å². The Bertz CT molecular complexity index is 675. The van der Waals surface area contributed by atoms with Crippen molar-refractivity contribution in [3.8, 4) is 0 Å². The second kappa shape index (κ2) is 11.5. The molecule has 1 atom stereocenters. The van der Waals surface area contributed by atoms with Gasteiger partial charge >= 0.3 is 112 Å². The van der Waals surface area contributed by atoms with Crippen LogP contribution in [0, 0.1) is 5.92 Å². The van der Waals surface area contributed by atoms with Crippen molar-refractivity contribution in [1.29, 1.82) is 0 Å². The number of alkyl halides is 3. The molecule has 1 aromatic carbocycles. The van der Waals surface area contributed by atoms with Crippen LogP contribution in [0.5, 0.6) is 0 Å². The molecule has 0 aromatic heterocycles. The predicted molar refractivity (Wildman–Crippen MR) is 120 cm³/mol. The van der Waals surface area contributed by atoms with Crippen LogP contribution in [0.15, 0.2) is 24.3 Å². The molecule has 1 aliphatic rings. The maximum atomic E-state index is 12.1. The Kier molecular flexibility index (Phi) is 9.37. The standard InChI is InChI=1S/C21H31IN2O4/c1-16-15-20(26)24(21(16)27)18-8-5-17(6-9-18)7-10-19(25)23-12-4-13-28-14-11-22(2)3/h5-6,8-9,16H,4,7,10-15H2,1-3H3,(H,23,25). The molecule has 1 saturated heterocycles. The summed E-state index contributed by atoms with van der Waals surface area (Å²) in [5, 5.41) is 2.92. The number of anilines is 1. The first-order valence-corrected chi connectivity index (χ1v) is 15.5. The van der Waals surface area contributed by atoms with Gasteiger partial charge in [-0.1, -0.05) is 6.92 Å². The van der Waals surface area contributed by atoms with Crippen LogP contribution < -0.4 is 10.2 Å². The summed E-state index contributed by atoms with van der Waals surface area (Å²) in [7, 11) is 0. The summed E-state index contributed by atoms with van der Waals surface area (Å²) in [4.78, 5) is 41.9. The summed E-state index contributed by atoms with van der Waals surface area (Å²) < 4.78 is 6.78. The first-order valence-electron chi connectivity index (χ1n) is 9.64. The number of hydrogen-bond acceptors (Lipinski definition) is 4. The van der Waals surface area contributed by atoms with Gasteiger partial charge in [-0.2, -0.15) is 0 Å². The van der Waals surface area contributed by atoms with Gasteiger partial charge < -0.3 is 0 Å². The molecule has 156 valence electrons. The number of carbonyl (C=O) groups excluding carboxylic acids is 3. The van der Waals surface area contributed by atoms with Crippen LogP contribution in [0.4, 0.5) is 5.69 Å². The summed E-state index contributed by atoms with van der Waals surface area (Å²) in [5.74, 6) is -0.523. The van der Waals surface area contributed by atoms with Gasteiger partial charge in [0.15, 0.2) is 0 Å². The van der Waals surface area contributed by atoms with E-state index in [-0.39, 0.29) is 30.1 Å². The maximum absolute atomic E-state index is 12.1. The Morgan fingerprint density at radius 1 is 1.21 bits per heavy atom. The third-order valence-electron chi connectivity index (χ3n) is 4.59. The smallest absolute Gasteiger partial charge is 0.274 e. The number of aryl methyl sites for hydroxylation is 1. The number of imide groups is 1. The van der Waals surface area contributed by atoms with E-state index in [4.69, 9.17) is 4.74 Å². The van der Waals surface area contributed by atoms with Crippen molar-refractivity contribution in [3.63, 3.8) is 0 Å². The van der Waals surface area contributed by atoms with E-state index >= 15 is 0 Å². The van der Waals surface area contributed by atoms with Crippen LogP contribution in [0.1, 0.15) is 31.7 Å². The van der Waals surface area contributed by atoms with Crippen molar-refractivity contribution in [2.75, 3.05) is 38.9 Å². The molecule has 0 radical (unpaired) electrons. The fourth-order valence-electron chi connectivity index (χ4n) is 2.93. The molecule has 3 amide bonds. The molecule has 6 nitrogen and oxygen atoms in total. The Morgan fingerprint density at radius 3 is 2.54 bits per heavy atom. The first-order chi connectivity index (χ1) is 13.4. The minimum atomic E-state index is -0.686. The molecule has 0 bridgehead atoms. The van der Waals surface area contributed by atoms with Crippen molar-refractivity contribution in [1.82, 2.24) is 5.32 Å². The molecule has 0 aliphatic carbocycles. The third kappa shape index (κ3) is 7.16. The Morgan fingerprint density at radius 2 is 1.93 bits per heavy atom. The second-order valence-corrected chi connectivity index (χ2v) is 13.5. The van der Waals surface area contributed by atoms with E-state index in [0.29, 0.717) is 31.7 Å². The van der Waals surface area contributed by atoms with Crippen molar-refractivity contribution in [3.05, 3.63) is 29.8 Å². The number of carbonyl (C=O) groups is 3. The molecule has 1 N–H and O–H groups in total. The van der Waals surface area contributed by atoms with Gasteiger partial charge in [-0.15, -0.1) is 0 Å². The number of rotatable bonds is 11. The normalized spacial score (nSPS) is 17.2. The van der Waals surface area contributed by atoms with E-state index < -0.39 is 19.8 Å². The van der Waals surface area contributed by atoms with Crippen LogP contribution in [0.3, 0.4) is 0 Å². The minimum Gasteiger partial charge on any atom is -0.274 e. The third-order valence-corrected chi connectivity index (χ3v) is 7.19. The number of halogens is 1. The SMILES string of the molecule is CC1CC(=O)N(c2ccc(CCC(=O)NCCCOCCI(C)C)cc2)C1=O. The number of amides is 3.